The van der Waals surface area contributed by atoms with Crippen LogP contribution in [0.5, 0.6) is 0 Å². The van der Waals surface area contributed by atoms with Crippen molar-refractivity contribution in [3.05, 3.63) is 41.0 Å². The third-order valence-electron chi connectivity index (χ3n) is 3.70. The zero-order valence-electron chi connectivity index (χ0n) is 13.1. The van der Waals surface area contributed by atoms with Crippen LogP contribution in [-0.4, -0.2) is 27.1 Å². The highest BCUT2D eigenvalue weighted by Gasteiger charge is 2.19. The van der Waals surface area contributed by atoms with Gasteiger partial charge in [-0.1, -0.05) is 24.2 Å². The molecule has 3 aromatic rings. The minimum Gasteiger partial charge on any atom is -0.338 e. The molecule has 116 valence electrons. The molecule has 2 aromatic heterocycles. The summed E-state index contributed by atoms with van der Waals surface area (Å²) in [6.07, 6.45) is 1.88. The lowest BCUT2D eigenvalue weighted by atomic mass is 10.3. The molecule has 0 aliphatic rings. The van der Waals surface area contributed by atoms with Gasteiger partial charge in [0.2, 0.25) is 5.89 Å². The Balaban J connectivity index is 1.70. The van der Waals surface area contributed by atoms with Crippen LogP contribution in [0.3, 0.4) is 0 Å². The first-order valence-corrected chi connectivity index (χ1v) is 8.36. The van der Waals surface area contributed by atoms with Crippen molar-refractivity contribution in [1.29, 1.82) is 0 Å². The molecule has 0 saturated carbocycles. The standard InChI is InChI=1S/C16H20N4OS/c1-4-7-14-18-16(21-19-14)11(2)20(3)10-15-17-12-8-5-6-9-13(12)22-15/h5-6,8-9,11H,4,7,10H2,1-3H3/t11-/m0/s1. The van der Waals surface area contributed by atoms with Gasteiger partial charge >= 0.3 is 0 Å². The van der Waals surface area contributed by atoms with E-state index >= 15 is 0 Å². The molecule has 0 N–H and O–H groups in total. The van der Waals surface area contributed by atoms with Gasteiger partial charge in [0.05, 0.1) is 22.8 Å². The van der Waals surface area contributed by atoms with Crippen LogP contribution in [-0.2, 0) is 13.0 Å². The van der Waals surface area contributed by atoms with Crippen LogP contribution in [0.1, 0.15) is 43.0 Å². The summed E-state index contributed by atoms with van der Waals surface area (Å²) in [7, 11) is 2.06. The first kappa shape index (κ1) is 15.1. The number of rotatable bonds is 6. The van der Waals surface area contributed by atoms with Gasteiger partial charge in [-0.15, -0.1) is 11.3 Å². The number of fused-ring (bicyclic) bond motifs is 1. The highest BCUT2D eigenvalue weighted by Crippen LogP contribution is 2.25. The molecular weight excluding hydrogens is 296 g/mol. The molecule has 1 atom stereocenters. The van der Waals surface area contributed by atoms with Gasteiger partial charge in [-0.25, -0.2) is 4.98 Å². The van der Waals surface area contributed by atoms with Gasteiger partial charge in [-0.2, -0.15) is 4.98 Å². The zero-order valence-corrected chi connectivity index (χ0v) is 13.9. The Hall–Kier alpha value is -1.79. The fourth-order valence-corrected chi connectivity index (χ4v) is 3.32. The SMILES string of the molecule is CCCc1noc([C@H](C)N(C)Cc2nc3ccccc3s2)n1. The van der Waals surface area contributed by atoms with Gasteiger partial charge in [-0.05, 0) is 32.5 Å². The van der Waals surface area contributed by atoms with E-state index in [0.717, 1.165) is 35.7 Å². The molecule has 0 radical (unpaired) electrons. The van der Waals surface area contributed by atoms with Gasteiger partial charge in [0, 0.05) is 6.42 Å². The van der Waals surface area contributed by atoms with Crippen LogP contribution in [0, 0.1) is 0 Å². The van der Waals surface area contributed by atoms with E-state index < -0.39 is 0 Å². The van der Waals surface area contributed by atoms with Crippen molar-refractivity contribution < 1.29 is 4.52 Å². The second kappa shape index (κ2) is 6.54. The zero-order chi connectivity index (χ0) is 15.5. The molecule has 5 nitrogen and oxygen atoms in total. The molecule has 2 heterocycles. The smallest absolute Gasteiger partial charge is 0.243 e. The Kier molecular flexibility index (Phi) is 4.49. The van der Waals surface area contributed by atoms with Crippen molar-refractivity contribution in [2.75, 3.05) is 7.05 Å². The lowest BCUT2D eigenvalue weighted by Gasteiger charge is -2.19. The minimum absolute atomic E-state index is 0.0742. The third-order valence-corrected chi connectivity index (χ3v) is 4.72. The summed E-state index contributed by atoms with van der Waals surface area (Å²) < 4.78 is 6.60. The number of hydrogen-bond acceptors (Lipinski definition) is 6. The number of aryl methyl sites for hydroxylation is 1. The molecule has 0 amide bonds. The average Bonchev–Trinajstić information content (AvgIpc) is 3.12. The van der Waals surface area contributed by atoms with E-state index in [-0.39, 0.29) is 6.04 Å². The van der Waals surface area contributed by atoms with Crippen LogP contribution in [0.2, 0.25) is 0 Å². The highest BCUT2D eigenvalue weighted by atomic mass is 32.1. The van der Waals surface area contributed by atoms with Crippen molar-refractivity contribution >= 4 is 21.6 Å². The van der Waals surface area contributed by atoms with Crippen LogP contribution in [0.15, 0.2) is 28.8 Å². The van der Waals surface area contributed by atoms with Crippen molar-refractivity contribution in [3.8, 4) is 0 Å². The van der Waals surface area contributed by atoms with E-state index in [1.165, 1.54) is 4.70 Å². The van der Waals surface area contributed by atoms with Crippen LogP contribution >= 0.6 is 11.3 Å². The largest absolute Gasteiger partial charge is 0.338 e. The van der Waals surface area contributed by atoms with Crippen LogP contribution in [0.4, 0.5) is 0 Å². The molecule has 0 spiro atoms. The number of nitrogens with zero attached hydrogens (tertiary/aromatic N) is 4. The average molecular weight is 316 g/mol. The fraction of sp³-hybridized carbons (Fsp3) is 0.438. The predicted octanol–water partition coefficient (Wildman–Crippen LogP) is 3.82. The van der Waals surface area contributed by atoms with E-state index in [9.17, 15) is 0 Å². The summed E-state index contributed by atoms with van der Waals surface area (Å²) in [6.45, 7) is 4.96. The molecule has 3 rings (SSSR count). The van der Waals surface area contributed by atoms with E-state index in [4.69, 9.17) is 4.52 Å². The summed E-state index contributed by atoms with van der Waals surface area (Å²) in [5.74, 6) is 1.46. The van der Waals surface area contributed by atoms with Gasteiger partial charge in [-0.3, -0.25) is 4.90 Å². The number of hydrogen-bond donors (Lipinski definition) is 0. The van der Waals surface area contributed by atoms with Crippen LogP contribution in [0.25, 0.3) is 10.2 Å². The van der Waals surface area contributed by atoms with Gasteiger partial charge < -0.3 is 4.52 Å². The maximum absolute atomic E-state index is 5.38. The lowest BCUT2D eigenvalue weighted by molar-refractivity contribution is 0.202. The third kappa shape index (κ3) is 3.18. The maximum atomic E-state index is 5.38. The quantitative estimate of drug-likeness (QED) is 0.692. The summed E-state index contributed by atoms with van der Waals surface area (Å²) in [6, 6.07) is 8.30. The van der Waals surface area contributed by atoms with Crippen LogP contribution < -0.4 is 0 Å². The van der Waals surface area contributed by atoms with E-state index in [2.05, 4.69) is 47.0 Å². The van der Waals surface area contributed by atoms with Gasteiger partial charge in [0.1, 0.15) is 5.01 Å². The number of aromatic nitrogens is 3. The van der Waals surface area contributed by atoms with Crippen molar-refractivity contribution in [2.24, 2.45) is 0 Å². The number of para-hydroxylation sites is 1. The Labute approximate surface area is 134 Å². The monoisotopic (exact) mass is 316 g/mol. The van der Waals surface area contributed by atoms with E-state index in [1.807, 2.05) is 18.2 Å². The molecule has 6 heteroatoms. The molecule has 0 unspecified atom stereocenters. The van der Waals surface area contributed by atoms with E-state index in [1.54, 1.807) is 11.3 Å². The summed E-state index contributed by atoms with van der Waals surface area (Å²) in [4.78, 5) is 11.3. The lowest BCUT2D eigenvalue weighted by Crippen LogP contribution is -2.22. The van der Waals surface area contributed by atoms with E-state index in [0.29, 0.717) is 5.89 Å². The first-order valence-electron chi connectivity index (χ1n) is 7.54. The number of benzene rings is 1. The molecule has 1 aromatic carbocycles. The maximum Gasteiger partial charge on any atom is 0.243 e. The fourth-order valence-electron chi connectivity index (χ4n) is 2.29. The Morgan fingerprint density at radius 1 is 1.27 bits per heavy atom. The second-order valence-electron chi connectivity index (χ2n) is 5.47. The second-order valence-corrected chi connectivity index (χ2v) is 6.58. The Morgan fingerprint density at radius 2 is 2.09 bits per heavy atom. The molecule has 22 heavy (non-hydrogen) atoms. The summed E-state index contributed by atoms with van der Waals surface area (Å²) >= 11 is 1.73. The Bertz CT molecular complexity index is 718. The molecule has 0 fully saturated rings. The van der Waals surface area contributed by atoms with Gasteiger partial charge in [0.15, 0.2) is 5.82 Å². The highest BCUT2D eigenvalue weighted by molar-refractivity contribution is 7.18. The Morgan fingerprint density at radius 3 is 2.86 bits per heavy atom. The van der Waals surface area contributed by atoms with Crippen molar-refractivity contribution in [3.63, 3.8) is 0 Å². The normalized spacial score (nSPS) is 13.1. The predicted molar refractivity (Wildman–Crippen MR) is 87.8 cm³/mol. The number of thiazole rings is 1. The molecule has 0 aliphatic carbocycles. The molecule has 0 bridgehead atoms. The molecule has 0 saturated heterocycles. The van der Waals surface area contributed by atoms with Crippen molar-refractivity contribution in [2.45, 2.75) is 39.3 Å². The molecule has 0 aliphatic heterocycles. The minimum atomic E-state index is 0.0742. The summed E-state index contributed by atoms with van der Waals surface area (Å²) in [5.41, 5.74) is 1.06. The van der Waals surface area contributed by atoms with Crippen molar-refractivity contribution in [1.82, 2.24) is 20.0 Å². The van der Waals surface area contributed by atoms with Gasteiger partial charge in [0.25, 0.3) is 0 Å². The molecular formula is C16H20N4OS. The summed E-state index contributed by atoms with van der Waals surface area (Å²) in [5, 5.41) is 5.13. The topological polar surface area (TPSA) is 55.1 Å². The first-order chi connectivity index (χ1) is 10.7.